The Hall–Kier alpha value is -2.17. The van der Waals surface area contributed by atoms with Crippen molar-refractivity contribution in [3.63, 3.8) is 0 Å². The van der Waals surface area contributed by atoms with Crippen LogP contribution in [0.25, 0.3) is 0 Å². The zero-order chi connectivity index (χ0) is 19.9. The Balaban J connectivity index is 3.10. The predicted molar refractivity (Wildman–Crippen MR) is 93.1 cm³/mol. The molecule has 1 N–H and O–H groups in total. The zero-order valence-electron chi connectivity index (χ0n) is 15.4. The summed E-state index contributed by atoms with van der Waals surface area (Å²) in [5.41, 5.74) is -0.0379. The molecular weight excluding hydrogens is 364 g/mol. The molecule has 0 spiro atoms. The molecule has 0 aromatic heterocycles. The van der Waals surface area contributed by atoms with Gasteiger partial charge >= 0.3 is 5.97 Å². The van der Waals surface area contributed by atoms with Crippen LogP contribution in [-0.4, -0.2) is 58.7 Å². The van der Waals surface area contributed by atoms with Gasteiger partial charge in [-0.2, -0.15) is 0 Å². The van der Waals surface area contributed by atoms with E-state index in [1.807, 2.05) is 6.92 Å². The molecule has 0 aliphatic heterocycles. The second-order valence-corrected chi connectivity index (χ2v) is 7.21. The van der Waals surface area contributed by atoms with Crippen LogP contribution in [0.1, 0.15) is 30.6 Å². The molecule has 10 heteroatoms. The van der Waals surface area contributed by atoms with Gasteiger partial charge in [-0.3, -0.25) is 9.63 Å². The minimum Gasteiger partial charge on any atom is -0.495 e. The second kappa shape index (κ2) is 9.51. The van der Waals surface area contributed by atoms with Crippen molar-refractivity contribution < 1.29 is 32.3 Å². The molecule has 9 nitrogen and oxygen atoms in total. The predicted octanol–water partition coefficient (Wildman–Crippen LogP) is 0.949. The van der Waals surface area contributed by atoms with Crippen molar-refractivity contribution in [2.45, 2.75) is 31.3 Å². The van der Waals surface area contributed by atoms with E-state index in [2.05, 4.69) is 5.32 Å². The summed E-state index contributed by atoms with van der Waals surface area (Å²) in [6.07, 6.45) is -0.267. The van der Waals surface area contributed by atoms with E-state index in [1.54, 1.807) is 0 Å². The maximum Gasteiger partial charge on any atom is 0.338 e. The lowest BCUT2D eigenvalue weighted by Crippen LogP contribution is -2.36. The average Bonchev–Trinajstić information content (AvgIpc) is 2.64. The monoisotopic (exact) mass is 388 g/mol. The van der Waals surface area contributed by atoms with Gasteiger partial charge in [0.05, 0.1) is 19.8 Å². The fraction of sp³-hybridized carbons (Fsp3) is 0.500. The Morgan fingerprint density at radius 2 is 1.92 bits per heavy atom. The van der Waals surface area contributed by atoms with Crippen molar-refractivity contribution in [2.75, 3.05) is 27.8 Å². The van der Waals surface area contributed by atoms with Crippen LogP contribution in [0.5, 0.6) is 5.75 Å². The Bertz CT molecular complexity index is 749. The number of nitrogens with zero attached hydrogens (tertiary/aromatic N) is 1. The van der Waals surface area contributed by atoms with E-state index in [4.69, 9.17) is 14.3 Å². The summed E-state index contributed by atoms with van der Waals surface area (Å²) in [5, 5.41) is 2.61. The summed E-state index contributed by atoms with van der Waals surface area (Å²) < 4.78 is 35.7. The first-order chi connectivity index (χ1) is 12.2. The number of hydrogen-bond donors (Lipinski definition) is 1. The molecule has 0 heterocycles. The van der Waals surface area contributed by atoms with Gasteiger partial charge in [-0.05, 0) is 31.5 Å². The Kier molecular flexibility index (Phi) is 8.00. The Labute approximate surface area is 153 Å². The molecule has 1 aromatic carbocycles. The molecule has 0 aliphatic rings. The van der Waals surface area contributed by atoms with Gasteiger partial charge in [0.25, 0.3) is 15.9 Å². The van der Waals surface area contributed by atoms with Crippen LogP contribution < -0.4 is 10.1 Å². The number of hydroxylamine groups is 1. The van der Waals surface area contributed by atoms with Gasteiger partial charge in [0.1, 0.15) is 10.6 Å². The summed E-state index contributed by atoms with van der Waals surface area (Å²) >= 11 is 0. The molecule has 0 unspecified atom stereocenters. The third-order valence-electron chi connectivity index (χ3n) is 3.48. The highest BCUT2D eigenvalue weighted by Crippen LogP contribution is 2.27. The van der Waals surface area contributed by atoms with Gasteiger partial charge in [0, 0.05) is 13.6 Å². The fourth-order valence-corrected chi connectivity index (χ4v) is 3.07. The van der Waals surface area contributed by atoms with Crippen LogP contribution in [0.3, 0.4) is 0 Å². The van der Waals surface area contributed by atoms with E-state index in [0.717, 1.165) is 12.5 Å². The highest BCUT2D eigenvalue weighted by atomic mass is 32.2. The first-order valence-corrected chi connectivity index (χ1v) is 9.32. The number of methoxy groups -OCH3 is 1. The van der Waals surface area contributed by atoms with Crippen LogP contribution >= 0.6 is 0 Å². The van der Waals surface area contributed by atoms with Gasteiger partial charge < -0.3 is 14.8 Å². The Morgan fingerprint density at radius 1 is 1.27 bits per heavy atom. The van der Waals surface area contributed by atoms with Crippen LogP contribution in [0.15, 0.2) is 23.1 Å². The van der Waals surface area contributed by atoms with Crippen molar-refractivity contribution in [1.82, 2.24) is 9.79 Å². The molecule has 1 rings (SSSR count). The average molecular weight is 388 g/mol. The van der Waals surface area contributed by atoms with E-state index < -0.39 is 28.0 Å². The number of esters is 1. The molecule has 1 atom stereocenters. The SMILES string of the molecule is CCCNC(=O)[C@@H](C)OC(=O)c1ccc(OC)c(S(=O)(=O)N(C)OC)c1. The molecule has 1 aromatic rings. The summed E-state index contributed by atoms with van der Waals surface area (Å²) in [6.45, 7) is 3.80. The minimum atomic E-state index is -4.05. The minimum absolute atomic E-state index is 0.0379. The summed E-state index contributed by atoms with van der Waals surface area (Å²) in [7, 11) is -0.339. The van der Waals surface area contributed by atoms with E-state index in [-0.39, 0.29) is 16.2 Å². The highest BCUT2D eigenvalue weighted by Gasteiger charge is 2.27. The van der Waals surface area contributed by atoms with Crippen molar-refractivity contribution in [3.8, 4) is 5.75 Å². The second-order valence-electron chi connectivity index (χ2n) is 5.30. The lowest BCUT2D eigenvalue weighted by atomic mass is 10.2. The number of nitrogens with one attached hydrogen (secondary N) is 1. The summed E-state index contributed by atoms with van der Waals surface area (Å²) in [5.74, 6) is -1.22. The van der Waals surface area contributed by atoms with E-state index in [1.165, 1.54) is 40.3 Å². The molecule has 0 saturated heterocycles. The fourth-order valence-electron chi connectivity index (χ4n) is 1.92. The molecule has 0 aliphatic carbocycles. The summed E-state index contributed by atoms with van der Waals surface area (Å²) in [4.78, 5) is 28.5. The number of rotatable bonds is 9. The van der Waals surface area contributed by atoms with Crippen molar-refractivity contribution in [3.05, 3.63) is 23.8 Å². The molecule has 0 fully saturated rings. The third-order valence-corrected chi connectivity index (χ3v) is 5.18. The lowest BCUT2D eigenvalue weighted by molar-refractivity contribution is -0.129. The number of benzene rings is 1. The van der Waals surface area contributed by atoms with Crippen molar-refractivity contribution in [1.29, 1.82) is 0 Å². The van der Waals surface area contributed by atoms with Crippen molar-refractivity contribution >= 4 is 21.9 Å². The van der Waals surface area contributed by atoms with Crippen LogP contribution in [0.4, 0.5) is 0 Å². The molecule has 0 radical (unpaired) electrons. The molecule has 0 saturated carbocycles. The number of carbonyl (C=O) groups is 2. The van der Waals surface area contributed by atoms with E-state index >= 15 is 0 Å². The molecule has 0 bridgehead atoms. The topological polar surface area (TPSA) is 111 Å². The zero-order valence-corrected chi connectivity index (χ0v) is 16.3. The standard InChI is InChI=1S/C16H24N2O7S/c1-6-9-17-15(19)11(2)25-16(20)12-7-8-13(23-4)14(10-12)26(21,22)18(3)24-5/h7-8,10-11H,6,9H2,1-5H3,(H,17,19)/t11-/m1/s1. The van der Waals surface area contributed by atoms with Crippen molar-refractivity contribution in [2.24, 2.45) is 0 Å². The van der Waals surface area contributed by atoms with Gasteiger partial charge in [-0.25, -0.2) is 13.2 Å². The smallest absolute Gasteiger partial charge is 0.338 e. The molecule has 146 valence electrons. The molecule has 1 amide bonds. The lowest BCUT2D eigenvalue weighted by Gasteiger charge is -2.17. The first-order valence-electron chi connectivity index (χ1n) is 7.88. The number of ether oxygens (including phenoxy) is 2. The van der Waals surface area contributed by atoms with Gasteiger partial charge in [-0.15, -0.1) is 0 Å². The van der Waals surface area contributed by atoms with Gasteiger partial charge in [-0.1, -0.05) is 11.4 Å². The van der Waals surface area contributed by atoms with Crippen LogP contribution in [-0.2, 0) is 24.4 Å². The van der Waals surface area contributed by atoms with Crippen LogP contribution in [0.2, 0.25) is 0 Å². The number of sulfonamides is 1. The summed E-state index contributed by atoms with van der Waals surface area (Å²) in [6, 6.07) is 3.79. The number of hydrogen-bond acceptors (Lipinski definition) is 7. The largest absolute Gasteiger partial charge is 0.495 e. The normalized spacial score (nSPS) is 12.5. The van der Waals surface area contributed by atoms with E-state index in [0.29, 0.717) is 11.0 Å². The maximum absolute atomic E-state index is 12.5. The van der Waals surface area contributed by atoms with Gasteiger partial charge in [0.2, 0.25) is 0 Å². The quantitative estimate of drug-likeness (QED) is 0.495. The third kappa shape index (κ3) is 5.16. The highest BCUT2D eigenvalue weighted by molar-refractivity contribution is 7.89. The molecular formula is C16H24N2O7S. The Morgan fingerprint density at radius 3 is 2.46 bits per heavy atom. The van der Waals surface area contributed by atoms with Gasteiger partial charge in [0.15, 0.2) is 6.10 Å². The molecule has 26 heavy (non-hydrogen) atoms. The number of carbonyl (C=O) groups excluding carboxylic acids is 2. The maximum atomic E-state index is 12.5. The first kappa shape index (κ1) is 21.9. The van der Waals surface area contributed by atoms with E-state index in [9.17, 15) is 18.0 Å². The number of amides is 1. The van der Waals surface area contributed by atoms with Crippen LogP contribution in [0, 0.1) is 0 Å².